The standard InChI is InChI=1S/C17H20BrNO2S/c18-14-9-4-8-13-15(14)17(21)19(16(13)20)10-5-11-22-12-6-2-1-3-7-12/h4,8-9,12H,1-3,5-7,10-11H2. The highest BCUT2D eigenvalue weighted by molar-refractivity contribution is 9.10. The van der Waals surface area contributed by atoms with E-state index in [1.54, 1.807) is 12.1 Å². The summed E-state index contributed by atoms with van der Waals surface area (Å²) in [6.07, 6.45) is 7.61. The highest BCUT2D eigenvalue weighted by atomic mass is 79.9. The third-order valence-corrected chi connectivity index (χ3v) is 6.51. The Bertz CT molecular complexity index is 584. The van der Waals surface area contributed by atoms with Crippen LogP contribution in [-0.2, 0) is 0 Å². The summed E-state index contributed by atoms with van der Waals surface area (Å²) >= 11 is 5.38. The molecule has 5 heteroatoms. The number of imide groups is 1. The topological polar surface area (TPSA) is 37.4 Å². The van der Waals surface area contributed by atoms with E-state index < -0.39 is 0 Å². The van der Waals surface area contributed by atoms with E-state index in [0.717, 1.165) is 17.4 Å². The second-order valence-corrected chi connectivity index (χ2v) is 8.17. The Labute approximate surface area is 144 Å². The first-order chi connectivity index (χ1) is 10.7. The number of thioether (sulfide) groups is 1. The average Bonchev–Trinajstić information content (AvgIpc) is 2.78. The number of hydrogen-bond donors (Lipinski definition) is 0. The van der Waals surface area contributed by atoms with Crippen molar-refractivity contribution in [2.45, 2.75) is 43.8 Å². The maximum atomic E-state index is 12.4. The fraction of sp³-hybridized carbons (Fsp3) is 0.529. The van der Waals surface area contributed by atoms with Crippen molar-refractivity contribution < 1.29 is 9.59 Å². The molecule has 0 N–H and O–H groups in total. The van der Waals surface area contributed by atoms with Crippen LogP contribution >= 0.6 is 27.7 Å². The third-order valence-electron chi connectivity index (χ3n) is 4.38. The van der Waals surface area contributed by atoms with Gasteiger partial charge in [-0.3, -0.25) is 14.5 Å². The fourth-order valence-electron chi connectivity index (χ4n) is 3.20. The van der Waals surface area contributed by atoms with Gasteiger partial charge in [-0.15, -0.1) is 0 Å². The minimum atomic E-state index is -0.157. The van der Waals surface area contributed by atoms with Crippen molar-refractivity contribution in [2.24, 2.45) is 0 Å². The van der Waals surface area contributed by atoms with Crippen LogP contribution in [0.25, 0.3) is 0 Å². The van der Waals surface area contributed by atoms with Gasteiger partial charge in [-0.1, -0.05) is 25.3 Å². The van der Waals surface area contributed by atoms with Crippen molar-refractivity contribution in [3.05, 3.63) is 33.8 Å². The van der Waals surface area contributed by atoms with Gasteiger partial charge >= 0.3 is 0 Å². The number of fused-ring (bicyclic) bond motifs is 1. The van der Waals surface area contributed by atoms with E-state index >= 15 is 0 Å². The maximum Gasteiger partial charge on any atom is 0.262 e. The van der Waals surface area contributed by atoms with Crippen molar-refractivity contribution in [1.82, 2.24) is 4.90 Å². The largest absolute Gasteiger partial charge is 0.274 e. The molecule has 1 aromatic rings. The molecule has 0 saturated heterocycles. The minimum Gasteiger partial charge on any atom is -0.274 e. The molecule has 1 fully saturated rings. The van der Waals surface area contributed by atoms with E-state index in [-0.39, 0.29) is 11.8 Å². The van der Waals surface area contributed by atoms with Gasteiger partial charge in [0.15, 0.2) is 0 Å². The summed E-state index contributed by atoms with van der Waals surface area (Å²) < 4.78 is 0.711. The molecule has 3 rings (SSSR count). The van der Waals surface area contributed by atoms with Gasteiger partial charge in [-0.2, -0.15) is 11.8 Å². The van der Waals surface area contributed by atoms with Gasteiger partial charge in [0.25, 0.3) is 11.8 Å². The lowest BCUT2D eigenvalue weighted by Crippen LogP contribution is -2.31. The molecule has 22 heavy (non-hydrogen) atoms. The van der Waals surface area contributed by atoms with Crippen LogP contribution in [0.1, 0.15) is 59.2 Å². The zero-order chi connectivity index (χ0) is 15.5. The second kappa shape index (κ2) is 7.18. The second-order valence-electron chi connectivity index (χ2n) is 5.91. The molecule has 0 atom stereocenters. The summed E-state index contributed by atoms with van der Waals surface area (Å²) in [4.78, 5) is 26.1. The molecule has 0 unspecified atom stereocenters. The molecule has 0 spiro atoms. The lowest BCUT2D eigenvalue weighted by Gasteiger charge is -2.21. The number of halogens is 1. The van der Waals surface area contributed by atoms with E-state index in [1.165, 1.54) is 37.0 Å². The number of carbonyl (C=O) groups excluding carboxylic acids is 2. The zero-order valence-electron chi connectivity index (χ0n) is 12.5. The smallest absolute Gasteiger partial charge is 0.262 e. The first kappa shape index (κ1) is 16.1. The van der Waals surface area contributed by atoms with E-state index in [1.807, 2.05) is 17.8 Å². The minimum absolute atomic E-state index is 0.149. The van der Waals surface area contributed by atoms with Gasteiger partial charge in [-0.25, -0.2) is 0 Å². The molecule has 0 aromatic heterocycles. The molecule has 2 aliphatic rings. The van der Waals surface area contributed by atoms with E-state index in [2.05, 4.69) is 15.9 Å². The van der Waals surface area contributed by atoms with Gasteiger partial charge in [0.05, 0.1) is 11.1 Å². The Morgan fingerprint density at radius 1 is 1.14 bits per heavy atom. The van der Waals surface area contributed by atoms with Gasteiger partial charge in [0, 0.05) is 16.3 Å². The van der Waals surface area contributed by atoms with Crippen LogP contribution < -0.4 is 0 Å². The van der Waals surface area contributed by atoms with Crippen LogP contribution in [0.5, 0.6) is 0 Å². The molecule has 1 aromatic carbocycles. The Balaban J connectivity index is 1.52. The lowest BCUT2D eigenvalue weighted by atomic mass is 10.0. The quantitative estimate of drug-likeness (QED) is 0.556. The molecule has 1 saturated carbocycles. The first-order valence-corrected chi connectivity index (χ1v) is 9.79. The number of rotatable bonds is 5. The Morgan fingerprint density at radius 3 is 2.64 bits per heavy atom. The van der Waals surface area contributed by atoms with Crippen molar-refractivity contribution in [2.75, 3.05) is 12.3 Å². The number of benzene rings is 1. The maximum absolute atomic E-state index is 12.4. The molecular weight excluding hydrogens is 362 g/mol. The van der Waals surface area contributed by atoms with Crippen LogP contribution in [0.3, 0.4) is 0 Å². The fourth-order valence-corrected chi connectivity index (χ4v) is 5.03. The summed E-state index contributed by atoms with van der Waals surface area (Å²) in [6, 6.07) is 5.35. The summed E-state index contributed by atoms with van der Waals surface area (Å²) in [6.45, 7) is 0.526. The molecule has 2 amide bonds. The molecule has 1 heterocycles. The molecule has 1 aliphatic carbocycles. The van der Waals surface area contributed by atoms with Crippen LogP contribution in [0, 0.1) is 0 Å². The third kappa shape index (κ3) is 3.25. The molecular formula is C17H20BrNO2S. The summed E-state index contributed by atoms with van der Waals surface area (Å²) in [5, 5.41) is 0.782. The number of hydrogen-bond acceptors (Lipinski definition) is 3. The molecule has 0 radical (unpaired) electrons. The van der Waals surface area contributed by atoms with Crippen LogP contribution in [-0.4, -0.2) is 34.3 Å². The Hall–Kier alpha value is -0.810. The summed E-state index contributed by atoms with van der Waals surface area (Å²) in [7, 11) is 0. The van der Waals surface area contributed by atoms with Crippen molar-refractivity contribution in [3.8, 4) is 0 Å². The highest BCUT2D eigenvalue weighted by Gasteiger charge is 2.36. The molecule has 118 valence electrons. The van der Waals surface area contributed by atoms with E-state index in [0.29, 0.717) is 22.1 Å². The lowest BCUT2D eigenvalue weighted by molar-refractivity contribution is 0.0654. The number of amides is 2. The number of nitrogens with zero attached hydrogens (tertiary/aromatic N) is 1. The Kier molecular flexibility index (Phi) is 5.24. The first-order valence-electron chi connectivity index (χ1n) is 7.95. The summed E-state index contributed by atoms with van der Waals surface area (Å²) in [5.41, 5.74) is 1.05. The average molecular weight is 382 g/mol. The van der Waals surface area contributed by atoms with E-state index in [9.17, 15) is 9.59 Å². The SMILES string of the molecule is O=C1c2cccc(Br)c2C(=O)N1CCCSC1CCCCC1. The highest BCUT2D eigenvalue weighted by Crippen LogP contribution is 2.31. The normalized spacial score (nSPS) is 18.9. The number of carbonyl (C=O) groups is 2. The van der Waals surface area contributed by atoms with Crippen LogP contribution in [0.4, 0.5) is 0 Å². The molecule has 3 nitrogen and oxygen atoms in total. The summed E-state index contributed by atoms with van der Waals surface area (Å²) in [5.74, 6) is 0.721. The van der Waals surface area contributed by atoms with Crippen LogP contribution in [0.15, 0.2) is 22.7 Å². The molecule has 1 aliphatic heterocycles. The predicted molar refractivity (Wildman–Crippen MR) is 93.5 cm³/mol. The van der Waals surface area contributed by atoms with Crippen molar-refractivity contribution in [3.63, 3.8) is 0 Å². The van der Waals surface area contributed by atoms with Crippen molar-refractivity contribution >= 4 is 39.5 Å². The van der Waals surface area contributed by atoms with Crippen molar-refractivity contribution in [1.29, 1.82) is 0 Å². The van der Waals surface area contributed by atoms with Gasteiger partial charge in [-0.05, 0) is 53.1 Å². The van der Waals surface area contributed by atoms with Gasteiger partial charge in [0.2, 0.25) is 0 Å². The van der Waals surface area contributed by atoms with E-state index in [4.69, 9.17) is 0 Å². The molecule has 0 bridgehead atoms. The Morgan fingerprint density at radius 2 is 1.91 bits per heavy atom. The van der Waals surface area contributed by atoms with Crippen LogP contribution in [0.2, 0.25) is 0 Å². The zero-order valence-corrected chi connectivity index (χ0v) is 14.9. The predicted octanol–water partition coefficient (Wildman–Crippen LogP) is 4.50. The van der Waals surface area contributed by atoms with Gasteiger partial charge in [0.1, 0.15) is 0 Å². The van der Waals surface area contributed by atoms with Gasteiger partial charge < -0.3 is 0 Å². The monoisotopic (exact) mass is 381 g/mol.